The van der Waals surface area contributed by atoms with Crippen molar-refractivity contribution < 1.29 is 23.1 Å². The third kappa shape index (κ3) is 4.04. The smallest absolute Gasteiger partial charge is 0.344 e. The molecule has 0 spiro atoms. The summed E-state index contributed by atoms with van der Waals surface area (Å²) in [7, 11) is 1.15. The van der Waals surface area contributed by atoms with E-state index in [2.05, 4.69) is 15.0 Å². The molecule has 0 saturated heterocycles. The lowest BCUT2D eigenvalue weighted by atomic mass is 10.1. The molecule has 0 saturated carbocycles. The van der Waals surface area contributed by atoms with Crippen LogP contribution in [0.3, 0.4) is 0 Å². The van der Waals surface area contributed by atoms with E-state index in [1.165, 1.54) is 0 Å². The summed E-state index contributed by atoms with van der Waals surface area (Å²) in [6, 6.07) is 9.38. The molecule has 0 aliphatic carbocycles. The molecule has 0 atom stereocenters. The highest BCUT2D eigenvalue weighted by Gasteiger charge is 2.21. The Morgan fingerprint density at radius 1 is 1.18 bits per heavy atom. The molecular formula is C19H14F2N2O4S. The number of rotatable bonds is 5. The fourth-order valence-corrected chi connectivity index (χ4v) is 3.37. The maximum absolute atomic E-state index is 13.6. The van der Waals surface area contributed by atoms with Crippen molar-refractivity contribution in [2.24, 2.45) is 0 Å². The van der Waals surface area contributed by atoms with Crippen molar-refractivity contribution in [3.05, 3.63) is 69.9 Å². The zero-order valence-electron chi connectivity index (χ0n) is 14.5. The first kappa shape index (κ1) is 19.6. The molecule has 0 aliphatic rings. The second-order valence-electron chi connectivity index (χ2n) is 5.66. The number of nitrogens with one attached hydrogen (secondary N) is 2. The zero-order chi connectivity index (χ0) is 20.3. The van der Waals surface area contributed by atoms with Crippen molar-refractivity contribution in [2.75, 3.05) is 18.2 Å². The van der Waals surface area contributed by atoms with E-state index < -0.39 is 28.9 Å². The Morgan fingerprint density at radius 3 is 2.64 bits per heavy atom. The molecule has 1 heterocycles. The van der Waals surface area contributed by atoms with Gasteiger partial charge in [0.25, 0.3) is 0 Å². The molecule has 2 N–H and O–H groups in total. The SMILES string of the molecule is COC(=O)c1c(SCC(=O)Nc2ccc(F)cc2F)[nH]c2ccccc2c1=O. The van der Waals surface area contributed by atoms with Gasteiger partial charge in [0.15, 0.2) is 0 Å². The highest BCUT2D eigenvalue weighted by Crippen LogP contribution is 2.23. The Kier molecular flexibility index (Phi) is 5.74. The molecule has 144 valence electrons. The number of amides is 1. The molecule has 2 aromatic carbocycles. The highest BCUT2D eigenvalue weighted by atomic mass is 32.2. The lowest BCUT2D eigenvalue weighted by molar-refractivity contribution is -0.113. The summed E-state index contributed by atoms with van der Waals surface area (Å²) < 4.78 is 31.3. The number of carbonyl (C=O) groups excluding carboxylic acids is 2. The number of methoxy groups -OCH3 is 1. The fourth-order valence-electron chi connectivity index (χ4n) is 2.52. The molecule has 1 aromatic heterocycles. The molecule has 1 amide bonds. The van der Waals surface area contributed by atoms with Gasteiger partial charge >= 0.3 is 5.97 Å². The van der Waals surface area contributed by atoms with E-state index in [0.717, 1.165) is 31.0 Å². The molecule has 9 heteroatoms. The second-order valence-corrected chi connectivity index (χ2v) is 6.64. The van der Waals surface area contributed by atoms with E-state index in [1.54, 1.807) is 24.3 Å². The van der Waals surface area contributed by atoms with Crippen LogP contribution in [0.5, 0.6) is 0 Å². The molecule has 6 nitrogen and oxygen atoms in total. The Morgan fingerprint density at radius 2 is 1.93 bits per heavy atom. The number of anilines is 1. The maximum Gasteiger partial charge on any atom is 0.344 e. The minimum Gasteiger partial charge on any atom is -0.465 e. The van der Waals surface area contributed by atoms with Crippen molar-refractivity contribution in [1.82, 2.24) is 4.98 Å². The number of pyridine rings is 1. The first-order valence-corrected chi connectivity index (χ1v) is 9.00. The first-order valence-electron chi connectivity index (χ1n) is 8.01. The summed E-state index contributed by atoms with van der Waals surface area (Å²) in [5.41, 5.74) is -0.416. The number of H-pyrrole nitrogens is 1. The van der Waals surface area contributed by atoms with Gasteiger partial charge in [-0.2, -0.15) is 0 Å². The van der Waals surface area contributed by atoms with E-state index in [-0.39, 0.29) is 22.0 Å². The van der Waals surface area contributed by atoms with Gasteiger partial charge in [-0.3, -0.25) is 9.59 Å². The number of esters is 1. The number of ether oxygens (including phenoxy) is 1. The van der Waals surface area contributed by atoms with Gasteiger partial charge in [0.2, 0.25) is 11.3 Å². The van der Waals surface area contributed by atoms with Crippen LogP contribution in [0.25, 0.3) is 10.9 Å². The summed E-state index contributed by atoms with van der Waals surface area (Å²) in [4.78, 5) is 39.8. The predicted molar refractivity (Wildman–Crippen MR) is 102 cm³/mol. The summed E-state index contributed by atoms with van der Waals surface area (Å²) in [6.45, 7) is 0. The monoisotopic (exact) mass is 404 g/mol. The normalized spacial score (nSPS) is 10.7. The van der Waals surface area contributed by atoms with Gasteiger partial charge in [-0.15, -0.1) is 0 Å². The standard InChI is InChI=1S/C19H14F2N2O4S/c1-27-19(26)16-17(25)11-4-2-3-5-13(11)23-18(16)28-9-15(24)22-14-7-6-10(20)8-12(14)21/h2-8H,9H2,1H3,(H,22,24)(H,23,25). The van der Waals surface area contributed by atoms with E-state index >= 15 is 0 Å². The third-order valence-electron chi connectivity index (χ3n) is 3.82. The fraction of sp³-hybridized carbons (Fsp3) is 0.105. The van der Waals surface area contributed by atoms with Gasteiger partial charge in [0, 0.05) is 11.5 Å². The van der Waals surface area contributed by atoms with Gasteiger partial charge in [-0.1, -0.05) is 23.9 Å². The average molecular weight is 404 g/mol. The number of halogens is 2. The van der Waals surface area contributed by atoms with Crippen LogP contribution >= 0.6 is 11.8 Å². The molecular weight excluding hydrogens is 390 g/mol. The minimum absolute atomic E-state index is 0.158. The molecule has 0 fully saturated rings. The number of hydrogen-bond donors (Lipinski definition) is 2. The van der Waals surface area contributed by atoms with Crippen LogP contribution in [0.2, 0.25) is 0 Å². The van der Waals surface area contributed by atoms with Gasteiger partial charge in [-0.25, -0.2) is 13.6 Å². The average Bonchev–Trinajstić information content (AvgIpc) is 2.68. The zero-order valence-corrected chi connectivity index (χ0v) is 15.4. The highest BCUT2D eigenvalue weighted by molar-refractivity contribution is 8.00. The first-order chi connectivity index (χ1) is 13.4. The van der Waals surface area contributed by atoms with E-state index in [0.29, 0.717) is 17.0 Å². The summed E-state index contributed by atoms with van der Waals surface area (Å²) in [5.74, 6) is -3.33. The molecule has 28 heavy (non-hydrogen) atoms. The third-order valence-corrected chi connectivity index (χ3v) is 4.82. The Hall–Kier alpha value is -3.20. The number of carbonyl (C=O) groups is 2. The van der Waals surface area contributed by atoms with E-state index in [4.69, 9.17) is 0 Å². The maximum atomic E-state index is 13.6. The van der Waals surface area contributed by atoms with E-state index in [1.807, 2.05) is 0 Å². The summed E-state index contributed by atoms with van der Waals surface area (Å²) in [5, 5.41) is 2.78. The number of fused-ring (bicyclic) bond motifs is 1. The number of aromatic amines is 1. The van der Waals surface area contributed by atoms with Crippen LogP contribution in [0.15, 0.2) is 52.3 Å². The molecule has 3 rings (SSSR count). The Balaban J connectivity index is 1.86. The Labute approximate surface area is 161 Å². The number of para-hydroxylation sites is 1. The van der Waals surface area contributed by atoms with Crippen LogP contribution in [0.4, 0.5) is 14.5 Å². The van der Waals surface area contributed by atoms with Gasteiger partial charge in [0.05, 0.1) is 29.1 Å². The van der Waals surface area contributed by atoms with Crippen LogP contribution in [0.1, 0.15) is 10.4 Å². The molecule has 0 radical (unpaired) electrons. The molecule has 0 aliphatic heterocycles. The number of hydrogen-bond acceptors (Lipinski definition) is 5. The van der Waals surface area contributed by atoms with Crippen molar-refractivity contribution >= 4 is 40.2 Å². The van der Waals surface area contributed by atoms with Crippen LogP contribution in [-0.2, 0) is 9.53 Å². The summed E-state index contributed by atoms with van der Waals surface area (Å²) in [6.07, 6.45) is 0. The number of aromatic nitrogens is 1. The van der Waals surface area contributed by atoms with Crippen molar-refractivity contribution in [1.29, 1.82) is 0 Å². The van der Waals surface area contributed by atoms with Gasteiger partial charge in [-0.05, 0) is 24.3 Å². The molecule has 0 bridgehead atoms. The molecule has 3 aromatic rings. The lowest BCUT2D eigenvalue weighted by Crippen LogP contribution is -2.20. The Bertz CT molecular complexity index is 1130. The van der Waals surface area contributed by atoms with Crippen LogP contribution < -0.4 is 10.7 Å². The van der Waals surface area contributed by atoms with Gasteiger partial charge < -0.3 is 15.0 Å². The summed E-state index contributed by atoms with van der Waals surface area (Å²) >= 11 is 0.891. The van der Waals surface area contributed by atoms with Crippen LogP contribution in [0, 0.1) is 11.6 Å². The second kappa shape index (κ2) is 8.22. The molecule has 0 unspecified atom stereocenters. The van der Waals surface area contributed by atoms with Crippen molar-refractivity contribution in [3.8, 4) is 0 Å². The van der Waals surface area contributed by atoms with E-state index in [9.17, 15) is 23.2 Å². The lowest BCUT2D eigenvalue weighted by Gasteiger charge is -2.10. The van der Waals surface area contributed by atoms with Gasteiger partial charge in [0.1, 0.15) is 17.2 Å². The predicted octanol–water partition coefficient (Wildman–Crippen LogP) is 3.32. The minimum atomic E-state index is -0.910. The van der Waals surface area contributed by atoms with Crippen molar-refractivity contribution in [3.63, 3.8) is 0 Å². The van der Waals surface area contributed by atoms with Crippen molar-refractivity contribution in [2.45, 2.75) is 5.03 Å². The topological polar surface area (TPSA) is 88.3 Å². The largest absolute Gasteiger partial charge is 0.465 e. The quantitative estimate of drug-likeness (QED) is 0.503. The number of benzene rings is 2. The number of thioether (sulfide) groups is 1. The van der Waals surface area contributed by atoms with Crippen LogP contribution in [-0.4, -0.2) is 29.7 Å².